The van der Waals surface area contributed by atoms with Crippen molar-refractivity contribution in [2.75, 3.05) is 0 Å². The third-order valence-corrected chi connectivity index (χ3v) is 6.37. The van der Waals surface area contributed by atoms with E-state index in [1.54, 1.807) is 0 Å². The van der Waals surface area contributed by atoms with Crippen LogP contribution in [0.5, 0.6) is 0 Å². The summed E-state index contributed by atoms with van der Waals surface area (Å²) in [7, 11) is 2.17. The Kier molecular flexibility index (Phi) is 3.97. The average molecular weight is 353 g/mol. The summed E-state index contributed by atoms with van der Waals surface area (Å²) in [5.74, 6) is 0.742. The molecule has 1 fully saturated rings. The monoisotopic (exact) mass is 352 g/mol. The van der Waals surface area contributed by atoms with Crippen molar-refractivity contribution >= 4 is 21.5 Å². The summed E-state index contributed by atoms with van der Waals surface area (Å²) in [6, 6.07) is 22.7. The lowest BCUT2D eigenvalue weighted by atomic mass is 9.93. The molecule has 0 unspecified atom stereocenters. The van der Waals surface area contributed by atoms with Crippen LogP contribution in [0.25, 0.3) is 32.8 Å². The molecule has 0 amide bonds. The summed E-state index contributed by atoms with van der Waals surface area (Å²) < 4.78 is 2.28. The zero-order chi connectivity index (χ0) is 18.4. The van der Waals surface area contributed by atoms with Gasteiger partial charge in [0, 0.05) is 17.7 Å². The van der Waals surface area contributed by atoms with Gasteiger partial charge in [-0.1, -0.05) is 55.3 Å². The lowest BCUT2D eigenvalue weighted by molar-refractivity contribution is -0.660. The molecule has 1 saturated carbocycles. The lowest BCUT2D eigenvalue weighted by Gasteiger charge is -2.13. The number of hydrogen-bond donors (Lipinski definition) is 0. The predicted octanol–water partition coefficient (Wildman–Crippen LogP) is 6.45. The molecule has 0 N–H and O–H groups in total. The molecule has 0 atom stereocenters. The molecule has 4 aromatic rings. The van der Waals surface area contributed by atoms with Gasteiger partial charge >= 0.3 is 0 Å². The van der Waals surface area contributed by atoms with Gasteiger partial charge in [-0.25, -0.2) is 4.57 Å². The van der Waals surface area contributed by atoms with Crippen molar-refractivity contribution in [3.8, 4) is 11.3 Å². The number of aromatic nitrogens is 1. The van der Waals surface area contributed by atoms with E-state index in [4.69, 9.17) is 0 Å². The van der Waals surface area contributed by atoms with Crippen molar-refractivity contribution in [2.24, 2.45) is 7.05 Å². The van der Waals surface area contributed by atoms with E-state index < -0.39 is 0 Å². The molecule has 5 rings (SSSR count). The lowest BCUT2D eigenvalue weighted by Crippen LogP contribution is -2.31. The molecule has 1 nitrogen and oxygen atoms in total. The standard InChI is InChI=1S/C26H26N/c1-18-15-22-12-11-20-9-5-6-10-23(20)25(22)17-24(18)26-16-21(13-14-27(26)2)19-7-3-4-8-19/h5-6,9-17,19H,3-4,7-8H2,1-2H3/q+1. The topological polar surface area (TPSA) is 3.88 Å². The van der Waals surface area contributed by atoms with Crippen LogP contribution in [0.2, 0.25) is 0 Å². The summed E-state index contributed by atoms with van der Waals surface area (Å²) in [5, 5.41) is 5.32. The number of aryl methyl sites for hydroxylation is 2. The SMILES string of the molecule is Cc1cc2ccc3ccccc3c2cc1-c1cc(C2CCCC2)cc[n+]1C. The molecule has 1 aliphatic rings. The smallest absolute Gasteiger partial charge is 0.201 e. The normalized spacial score (nSPS) is 15.0. The summed E-state index contributed by atoms with van der Waals surface area (Å²) in [5.41, 5.74) is 5.53. The number of rotatable bonds is 2. The Morgan fingerprint density at radius 1 is 0.815 bits per heavy atom. The van der Waals surface area contributed by atoms with Gasteiger partial charge < -0.3 is 0 Å². The fraction of sp³-hybridized carbons (Fsp3) is 0.269. The molecule has 134 valence electrons. The maximum absolute atomic E-state index is 2.44. The third kappa shape index (κ3) is 2.82. The van der Waals surface area contributed by atoms with Crippen LogP contribution in [-0.4, -0.2) is 0 Å². The number of hydrogen-bond acceptors (Lipinski definition) is 0. The van der Waals surface area contributed by atoms with Crippen LogP contribution >= 0.6 is 0 Å². The minimum Gasteiger partial charge on any atom is -0.201 e. The maximum Gasteiger partial charge on any atom is 0.212 e. The minimum absolute atomic E-state index is 0.742. The molecule has 0 bridgehead atoms. The van der Waals surface area contributed by atoms with Gasteiger partial charge in [-0.2, -0.15) is 0 Å². The molecule has 0 aliphatic heterocycles. The van der Waals surface area contributed by atoms with Gasteiger partial charge in [-0.15, -0.1) is 0 Å². The Morgan fingerprint density at radius 3 is 2.44 bits per heavy atom. The third-order valence-electron chi connectivity index (χ3n) is 6.37. The average Bonchev–Trinajstić information content (AvgIpc) is 3.23. The number of fused-ring (bicyclic) bond motifs is 3. The largest absolute Gasteiger partial charge is 0.212 e. The van der Waals surface area contributed by atoms with E-state index >= 15 is 0 Å². The zero-order valence-electron chi connectivity index (χ0n) is 16.2. The van der Waals surface area contributed by atoms with E-state index in [1.807, 2.05) is 0 Å². The molecular formula is C26H26N+. The van der Waals surface area contributed by atoms with Crippen LogP contribution < -0.4 is 4.57 Å². The van der Waals surface area contributed by atoms with Gasteiger partial charge in [0.2, 0.25) is 5.69 Å². The van der Waals surface area contributed by atoms with Crippen LogP contribution in [0.4, 0.5) is 0 Å². The molecular weight excluding hydrogens is 326 g/mol. The number of benzene rings is 3. The van der Waals surface area contributed by atoms with E-state index in [9.17, 15) is 0 Å². The summed E-state index contributed by atoms with van der Waals surface area (Å²) in [4.78, 5) is 0. The quantitative estimate of drug-likeness (QED) is 0.288. The van der Waals surface area contributed by atoms with Gasteiger partial charge in [0.05, 0.1) is 0 Å². The first-order chi connectivity index (χ1) is 13.2. The first kappa shape index (κ1) is 16.5. The highest BCUT2D eigenvalue weighted by Crippen LogP contribution is 2.36. The van der Waals surface area contributed by atoms with Crippen LogP contribution in [0, 0.1) is 6.92 Å². The highest BCUT2D eigenvalue weighted by atomic mass is 14.9. The molecule has 0 saturated heterocycles. The van der Waals surface area contributed by atoms with Crippen LogP contribution in [-0.2, 0) is 7.05 Å². The Balaban J connectivity index is 1.73. The van der Waals surface area contributed by atoms with Crippen molar-refractivity contribution in [2.45, 2.75) is 38.5 Å². The molecule has 0 spiro atoms. The summed E-state index contributed by atoms with van der Waals surface area (Å²) in [6.45, 7) is 2.24. The Hall–Kier alpha value is -2.67. The highest BCUT2D eigenvalue weighted by Gasteiger charge is 2.21. The highest BCUT2D eigenvalue weighted by molar-refractivity contribution is 6.08. The van der Waals surface area contributed by atoms with Gasteiger partial charge in [0.25, 0.3) is 0 Å². The number of nitrogens with zero attached hydrogens (tertiary/aromatic N) is 1. The van der Waals surface area contributed by atoms with E-state index in [2.05, 4.69) is 85.4 Å². The van der Waals surface area contributed by atoms with Crippen molar-refractivity contribution in [3.05, 3.63) is 78.0 Å². The molecule has 27 heavy (non-hydrogen) atoms. The Labute approximate surface area is 161 Å². The minimum atomic E-state index is 0.742. The predicted molar refractivity (Wildman–Crippen MR) is 114 cm³/mol. The van der Waals surface area contributed by atoms with Crippen molar-refractivity contribution in [3.63, 3.8) is 0 Å². The van der Waals surface area contributed by atoms with Crippen molar-refractivity contribution < 1.29 is 4.57 Å². The van der Waals surface area contributed by atoms with E-state index in [0.717, 1.165) is 5.92 Å². The van der Waals surface area contributed by atoms with Crippen LogP contribution in [0.3, 0.4) is 0 Å². The molecule has 1 aliphatic carbocycles. The van der Waals surface area contributed by atoms with Gasteiger partial charge in [-0.3, -0.25) is 0 Å². The molecule has 0 radical (unpaired) electrons. The van der Waals surface area contributed by atoms with E-state index in [-0.39, 0.29) is 0 Å². The van der Waals surface area contributed by atoms with Crippen molar-refractivity contribution in [1.82, 2.24) is 0 Å². The van der Waals surface area contributed by atoms with E-state index in [0.29, 0.717) is 0 Å². The first-order valence-corrected chi connectivity index (χ1v) is 10.1. The molecule has 1 aromatic heterocycles. The van der Waals surface area contributed by atoms with Gasteiger partial charge in [0.1, 0.15) is 7.05 Å². The Morgan fingerprint density at radius 2 is 1.59 bits per heavy atom. The fourth-order valence-corrected chi connectivity index (χ4v) is 4.81. The molecule has 3 aromatic carbocycles. The van der Waals surface area contributed by atoms with E-state index in [1.165, 1.54) is 69.6 Å². The van der Waals surface area contributed by atoms with Crippen molar-refractivity contribution in [1.29, 1.82) is 0 Å². The second-order valence-electron chi connectivity index (χ2n) is 8.11. The zero-order valence-corrected chi connectivity index (χ0v) is 16.2. The second-order valence-corrected chi connectivity index (χ2v) is 8.11. The second kappa shape index (κ2) is 6.49. The van der Waals surface area contributed by atoms with Gasteiger partial charge in [-0.05, 0) is 64.4 Å². The first-order valence-electron chi connectivity index (χ1n) is 10.1. The Bertz CT molecular complexity index is 1150. The van der Waals surface area contributed by atoms with Crippen LogP contribution in [0.1, 0.15) is 42.7 Å². The maximum atomic E-state index is 2.44. The summed E-state index contributed by atoms with van der Waals surface area (Å²) in [6.07, 6.45) is 7.68. The fourth-order valence-electron chi connectivity index (χ4n) is 4.81. The number of pyridine rings is 1. The molecule has 1 heterocycles. The summed E-state index contributed by atoms with van der Waals surface area (Å²) >= 11 is 0. The van der Waals surface area contributed by atoms with Gasteiger partial charge in [0.15, 0.2) is 6.20 Å². The van der Waals surface area contributed by atoms with Crippen LogP contribution in [0.15, 0.2) is 66.9 Å². The molecule has 1 heteroatoms.